The van der Waals surface area contributed by atoms with E-state index in [2.05, 4.69) is 15.3 Å². The van der Waals surface area contributed by atoms with Crippen molar-refractivity contribution < 1.29 is 41.4 Å². The highest BCUT2D eigenvalue weighted by Gasteiger charge is 2.41. The fourth-order valence-corrected chi connectivity index (χ4v) is 5.80. The molecular formula is C33H32F5N5O4. The summed E-state index contributed by atoms with van der Waals surface area (Å²) in [5.74, 6) is -9.84. The third kappa shape index (κ3) is 6.97. The van der Waals surface area contributed by atoms with Gasteiger partial charge in [-0.15, -0.1) is 0 Å². The second-order valence-corrected chi connectivity index (χ2v) is 11.6. The number of aromatic nitrogens is 2. The molecule has 3 heterocycles. The molecule has 1 saturated heterocycles. The lowest BCUT2D eigenvalue weighted by Crippen LogP contribution is -2.54. The van der Waals surface area contributed by atoms with E-state index in [0.717, 1.165) is 19.9 Å². The molecule has 0 unspecified atom stereocenters. The number of rotatable bonds is 9. The van der Waals surface area contributed by atoms with Gasteiger partial charge < -0.3 is 25.8 Å². The minimum absolute atomic E-state index is 0.0124. The van der Waals surface area contributed by atoms with Crippen LogP contribution in [0.1, 0.15) is 40.9 Å². The average Bonchev–Trinajstić information content (AvgIpc) is 2.99. The molecule has 1 fully saturated rings. The van der Waals surface area contributed by atoms with Crippen LogP contribution in [0.2, 0.25) is 0 Å². The van der Waals surface area contributed by atoms with Crippen molar-refractivity contribution in [3.8, 4) is 11.3 Å². The molecule has 2 aromatic heterocycles. The summed E-state index contributed by atoms with van der Waals surface area (Å²) in [6.45, 7) is 2.88. The van der Waals surface area contributed by atoms with Crippen LogP contribution >= 0.6 is 0 Å². The first-order valence-corrected chi connectivity index (χ1v) is 14.6. The van der Waals surface area contributed by atoms with Crippen LogP contribution in [0.3, 0.4) is 0 Å². The fraction of sp³-hybridized carbons (Fsp3) is 0.333. The Labute approximate surface area is 266 Å². The molecule has 2 aromatic carbocycles. The van der Waals surface area contributed by atoms with Crippen molar-refractivity contribution in [3.63, 3.8) is 0 Å². The number of nitrogens with zero attached hydrogens (tertiary/aromatic N) is 3. The number of benzene rings is 2. The predicted molar refractivity (Wildman–Crippen MR) is 165 cm³/mol. The molecule has 14 heteroatoms. The van der Waals surface area contributed by atoms with Crippen molar-refractivity contribution in [2.75, 3.05) is 30.4 Å². The number of carbonyl (C=O) groups excluding carboxylic acids is 1. The highest BCUT2D eigenvalue weighted by atomic mass is 19.3. The number of carboxylic acids is 1. The van der Waals surface area contributed by atoms with E-state index in [0.29, 0.717) is 10.9 Å². The normalized spacial score (nSPS) is 16.3. The number of halogens is 5. The molecule has 1 aliphatic heterocycles. The maximum absolute atomic E-state index is 15.4. The predicted octanol–water partition coefficient (Wildman–Crippen LogP) is 5.72. The quantitative estimate of drug-likeness (QED) is 0.195. The van der Waals surface area contributed by atoms with E-state index in [9.17, 15) is 32.3 Å². The number of nitrogens with two attached hydrogens (primary N) is 1. The Kier molecular flexibility index (Phi) is 9.09. The number of morpholine rings is 1. The lowest BCUT2D eigenvalue weighted by molar-refractivity contribution is -0.139. The number of hydrogen-bond acceptors (Lipinski definition) is 7. The van der Waals surface area contributed by atoms with E-state index in [4.69, 9.17) is 10.5 Å². The first-order chi connectivity index (χ1) is 22.1. The van der Waals surface area contributed by atoms with Gasteiger partial charge in [0, 0.05) is 55.2 Å². The van der Waals surface area contributed by atoms with Gasteiger partial charge in [0.05, 0.1) is 30.0 Å². The Morgan fingerprint density at radius 3 is 2.55 bits per heavy atom. The van der Waals surface area contributed by atoms with Crippen LogP contribution in [0.4, 0.5) is 33.5 Å². The van der Waals surface area contributed by atoms with Gasteiger partial charge in [-0.25, -0.2) is 31.7 Å². The molecule has 5 rings (SSSR count). The van der Waals surface area contributed by atoms with Gasteiger partial charge in [0.25, 0.3) is 17.8 Å². The van der Waals surface area contributed by atoms with Gasteiger partial charge >= 0.3 is 5.97 Å². The number of ether oxygens (including phenoxy) is 1. The first kappa shape index (κ1) is 33.5. The van der Waals surface area contributed by atoms with Crippen LogP contribution in [-0.2, 0) is 21.9 Å². The van der Waals surface area contributed by atoms with Crippen LogP contribution in [0, 0.1) is 12.7 Å². The van der Waals surface area contributed by atoms with Crippen molar-refractivity contribution in [3.05, 3.63) is 82.8 Å². The molecule has 0 bridgehead atoms. The van der Waals surface area contributed by atoms with Crippen molar-refractivity contribution in [2.24, 2.45) is 0 Å². The third-order valence-electron chi connectivity index (χ3n) is 8.08. The van der Waals surface area contributed by atoms with Crippen LogP contribution < -0.4 is 16.0 Å². The first-order valence-electron chi connectivity index (χ1n) is 14.6. The number of nitrogens with one attached hydrogen (secondary N) is 1. The highest BCUT2D eigenvalue weighted by Crippen LogP contribution is 2.38. The minimum Gasteiger partial charge on any atom is -0.480 e. The molecule has 47 heavy (non-hydrogen) atoms. The molecule has 0 spiro atoms. The van der Waals surface area contributed by atoms with Gasteiger partial charge in [-0.2, -0.15) is 0 Å². The molecule has 1 amide bonds. The zero-order valence-electron chi connectivity index (χ0n) is 25.7. The van der Waals surface area contributed by atoms with E-state index >= 15 is 4.39 Å². The summed E-state index contributed by atoms with van der Waals surface area (Å²) in [6.07, 6.45) is 1.17. The largest absolute Gasteiger partial charge is 0.480 e. The Hall–Kier alpha value is -4.85. The molecule has 248 valence electrons. The van der Waals surface area contributed by atoms with Crippen molar-refractivity contribution in [1.29, 1.82) is 0 Å². The molecule has 1 aliphatic rings. The van der Waals surface area contributed by atoms with E-state index in [1.165, 1.54) is 48.4 Å². The topological polar surface area (TPSA) is 131 Å². The monoisotopic (exact) mass is 657 g/mol. The molecule has 9 nitrogen and oxygen atoms in total. The number of alkyl halides is 4. The van der Waals surface area contributed by atoms with Crippen molar-refractivity contribution in [1.82, 2.24) is 15.3 Å². The molecule has 0 radical (unpaired) electrons. The second kappa shape index (κ2) is 12.7. The number of aryl methyl sites for hydroxylation is 1. The number of anilines is 2. The number of fused-ring (bicyclic) bond motifs is 1. The maximum Gasteiger partial charge on any atom is 0.326 e. The van der Waals surface area contributed by atoms with Crippen LogP contribution in [0.15, 0.2) is 54.7 Å². The maximum atomic E-state index is 15.4. The number of carbonyl (C=O) groups is 2. The van der Waals surface area contributed by atoms with Gasteiger partial charge in [-0.3, -0.25) is 9.78 Å². The summed E-state index contributed by atoms with van der Waals surface area (Å²) in [4.78, 5) is 35.5. The van der Waals surface area contributed by atoms with Crippen LogP contribution in [-0.4, -0.2) is 64.7 Å². The SMILES string of the molecule is Cc1cc(N2CCOC[C@@H]2C(C)(F)F)cc(F)c1C(=O)N[C@@H](Cc1ccc(-c2nc(N)ccc2C(C)(F)F)c2ncccc12)C(=O)O. The molecule has 0 aliphatic carbocycles. The van der Waals surface area contributed by atoms with Crippen molar-refractivity contribution >= 4 is 34.3 Å². The lowest BCUT2D eigenvalue weighted by atomic mass is 9.94. The second-order valence-electron chi connectivity index (χ2n) is 11.6. The number of carboxylic acid groups (broad SMARTS) is 1. The Balaban J connectivity index is 1.45. The van der Waals surface area contributed by atoms with Gasteiger partial charge in [-0.1, -0.05) is 18.2 Å². The molecule has 4 N–H and O–H groups in total. The molecular weight excluding hydrogens is 625 g/mol. The molecule has 2 atom stereocenters. The Morgan fingerprint density at radius 1 is 1.15 bits per heavy atom. The number of amides is 1. The van der Waals surface area contributed by atoms with Gasteiger partial charge in [0.15, 0.2) is 0 Å². The third-order valence-corrected chi connectivity index (χ3v) is 8.08. The van der Waals surface area contributed by atoms with Crippen molar-refractivity contribution in [2.45, 2.75) is 51.1 Å². The zero-order chi connectivity index (χ0) is 34.3. The highest BCUT2D eigenvalue weighted by molar-refractivity contribution is 5.99. The van der Waals surface area contributed by atoms with Gasteiger partial charge in [-0.05, 0) is 48.4 Å². The number of pyridine rings is 2. The summed E-state index contributed by atoms with van der Waals surface area (Å²) < 4.78 is 78.2. The number of aliphatic carboxylic acids is 1. The smallest absolute Gasteiger partial charge is 0.326 e. The van der Waals surface area contributed by atoms with E-state index in [1.807, 2.05) is 0 Å². The summed E-state index contributed by atoms with van der Waals surface area (Å²) in [5, 5.41) is 12.8. The Morgan fingerprint density at radius 2 is 1.89 bits per heavy atom. The summed E-state index contributed by atoms with van der Waals surface area (Å²) in [5.41, 5.74) is 6.07. The molecule has 0 saturated carbocycles. The summed E-state index contributed by atoms with van der Waals surface area (Å²) in [7, 11) is 0. The Bertz CT molecular complexity index is 1820. The van der Waals surface area contributed by atoms with Crippen LogP contribution in [0.25, 0.3) is 22.2 Å². The summed E-state index contributed by atoms with van der Waals surface area (Å²) >= 11 is 0. The number of hydrogen-bond donors (Lipinski definition) is 3. The van der Waals surface area contributed by atoms with E-state index in [1.54, 1.807) is 12.1 Å². The minimum atomic E-state index is -3.26. The van der Waals surface area contributed by atoms with Gasteiger partial charge in [0.1, 0.15) is 23.7 Å². The molecule has 4 aromatic rings. The van der Waals surface area contributed by atoms with E-state index in [-0.39, 0.29) is 65.6 Å². The van der Waals surface area contributed by atoms with E-state index < -0.39 is 47.2 Å². The van der Waals surface area contributed by atoms with Gasteiger partial charge in [0.2, 0.25) is 0 Å². The lowest BCUT2D eigenvalue weighted by Gasteiger charge is -2.40. The number of nitrogen functional groups attached to an aromatic ring is 1. The fourth-order valence-electron chi connectivity index (χ4n) is 5.80. The average molecular weight is 658 g/mol. The standard InChI is InChI=1S/C33H32F5N5O4/c1-17-13-19(43-11-12-47-16-25(43)33(3,37)38)15-23(34)27(17)30(44)41-24(31(45)46)14-18-6-7-21(28-20(18)5-4-10-40-28)29-22(32(2,35)36)8-9-26(39)42-29/h4-10,13,15,24-25H,11-12,14,16H2,1-3H3,(H2,39,42)(H,41,44)(H,45,46)/t24-,25+/m0/s1. The zero-order valence-corrected chi connectivity index (χ0v) is 25.7. The van der Waals surface area contributed by atoms with Crippen LogP contribution in [0.5, 0.6) is 0 Å². The summed E-state index contributed by atoms with van der Waals surface area (Å²) in [6, 6.07) is 8.13.